The van der Waals surface area contributed by atoms with Crippen LogP contribution < -0.4 is 0 Å². The fraction of sp³-hybridized carbons (Fsp3) is 0.739. The second-order valence-electron chi connectivity index (χ2n) is 7.41. The highest BCUT2D eigenvalue weighted by molar-refractivity contribution is 5.35. The van der Waals surface area contributed by atoms with Crippen LogP contribution in [0.3, 0.4) is 0 Å². The SMILES string of the molecule is CCCCCCC(c1ccccc1O)C(CCCC)CCCCC. The molecule has 0 saturated carbocycles. The van der Waals surface area contributed by atoms with Crippen LogP contribution in [-0.4, -0.2) is 5.11 Å². The van der Waals surface area contributed by atoms with Gasteiger partial charge in [-0.05, 0) is 42.7 Å². The molecule has 1 rings (SSSR count). The lowest BCUT2D eigenvalue weighted by Crippen LogP contribution is -2.14. The van der Waals surface area contributed by atoms with Crippen molar-refractivity contribution in [2.45, 2.75) is 104 Å². The highest BCUT2D eigenvalue weighted by atomic mass is 16.3. The van der Waals surface area contributed by atoms with E-state index in [1.807, 2.05) is 12.1 Å². The summed E-state index contributed by atoms with van der Waals surface area (Å²) in [4.78, 5) is 0. The summed E-state index contributed by atoms with van der Waals surface area (Å²) < 4.78 is 0. The molecule has 0 aliphatic rings. The standard InChI is InChI=1S/C23H40O/c1-4-7-10-12-17-21(22-18-13-14-19-23(22)24)20(15-9-6-3)16-11-8-5-2/h13-14,18-21,24H,4-12,15-17H2,1-3H3. The molecule has 0 aliphatic carbocycles. The topological polar surface area (TPSA) is 20.2 Å². The lowest BCUT2D eigenvalue weighted by molar-refractivity contribution is 0.318. The summed E-state index contributed by atoms with van der Waals surface area (Å²) >= 11 is 0. The quantitative estimate of drug-likeness (QED) is 0.344. The fourth-order valence-electron chi connectivity index (χ4n) is 3.91. The lowest BCUT2D eigenvalue weighted by atomic mass is 9.76. The third kappa shape index (κ3) is 7.73. The maximum atomic E-state index is 10.4. The Kier molecular flexibility index (Phi) is 11.7. The Bertz CT molecular complexity index is 412. The molecule has 1 nitrogen and oxygen atoms in total. The van der Waals surface area contributed by atoms with Gasteiger partial charge in [0, 0.05) is 0 Å². The van der Waals surface area contributed by atoms with E-state index in [-0.39, 0.29) is 0 Å². The maximum Gasteiger partial charge on any atom is 0.119 e. The molecular weight excluding hydrogens is 292 g/mol. The number of rotatable bonds is 14. The number of phenols is 1. The van der Waals surface area contributed by atoms with E-state index in [1.165, 1.54) is 82.6 Å². The van der Waals surface area contributed by atoms with Crippen molar-refractivity contribution in [2.24, 2.45) is 5.92 Å². The molecule has 2 unspecified atom stereocenters. The van der Waals surface area contributed by atoms with Crippen LogP contribution in [0.4, 0.5) is 0 Å². The summed E-state index contributed by atoms with van der Waals surface area (Å²) in [5, 5.41) is 10.4. The van der Waals surface area contributed by atoms with Crippen LogP contribution in [0.15, 0.2) is 24.3 Å². The van der Waals surface area contributed by atoms with E-state index in [9.17, 15) is 5.11 Å². The zero-order valence-corrected chi connectivity index (χ0v) is 16.4. The van der Waals surface area contributed by atoms with Crippen LogP contribution in [0.25, 0.3) is 0 Å². The van der Waals surface area contributed by atoms with Crippen LogP contribution >= 0.6 is 0 Å². The Labute approximate surface area is 150 Å². The van der Waals surface area contributed by atoms with E-state index in [1.54, 1.807) is 0 Å². The number of benzene rings is 1. The van der Waals surface area contributed by atoms with E-state index in [0.29, 0.717) is 11.7 Å². The van der Waals surface area contributed by atoms with Gasteiger partial charge in [0.05, 0.1) is 0 Å². The second-order valence-corrected chi connectivity index (χ2v) is 7.41. The van der Waals surface area contributed by atoms with Crippen molar-refractivity contribution in [3.8, 4) is 5.75 Å². The molecule has 0 aliphatic heterocycles. The molecule has 0 fully saturated rings. The smallest absolute Gasteiger partial charge is 0.119 e. The molecule has 2 atom stereocenters. The van der Waals surface area contributed by atoms with Crippen LogP contribution in [0.1, 0.15) is 109 Å². The minimum absolute atomic E-state index is 0.509. The fourth-order valence-corrected chi connectivity index (χ4v) is 3.91. The van der Waals surface area contributed by atoms with E-state index >= 15 is 0 Å². The van der Waals surface area contributed by atoms with Gasteiger partial charge < -0.3 is 5.11 Å². The Balaban J connectivity index is 2.85. The molecule has 0 heterocycles. The molecule has 1 heteroatoms. The monoisotopic (exact) mass is 332 g/mol. The van der Waals surface area contributed by atoms with Gasteiger partial charge in [0.2, 0.25) is 0 Å². The Morgan fingerprint density at radius 3 is 1.96 bits per heavy atom. The lowest BCUT2D eigenvalue weighted by Gasteiger charge is -2.29. The third-order valence-electron chi connectivity index (χ3n) is 5.38. The van der Waals surface area contributed by atoms with Crippen molar-refractivity contribution in [3.05, 3.63) is 29.8 Å². The van der Waals surface area contributed by atoms with Gasteiger partial charge in [-0.3, -0.25) is 0 Å². The highest BCUT2D eigenvalue weighted by Gasteiger charge is 2.24. The summed E-state index contributed by atoms with van der Waals surface area (Å²) in [5.74, 6) is 1.77. The summed E-state index contributed by atoms with van der Waals surface area (Å²) in [6.45, 7) is 6.85. The zero-order valence-electron chi connectivity index (χ0n) is 16.4. The first-order valence-corrected chi connectivity index (χ1v) is 10.5. The largest absolute Gasteiger partial charge is 0.508 e. The maximum absolute atomic E-state index is 10.4. The second kappa shape index (κ2) is 13.3. The number of para-hydroxylation sites is 1. The van der Waals surface area contributed by atoms with Crippen molar-refractivity contribution in [2.75, 3.05) is 0 Å². The van der Waals surface area contributed by atoms with Gasteiger partial charge in [0.15, 0.2) is 0 Å². The first-order chi connectivity index (χ1) is 11.7. The summed E-state index contributed by atoms with van der Waals surface area (Å²) in [7, 11) is 0. The Hall–Kier alpha value is -0.980. The number of hydrogen-bond donors (Lipinski definition) is 1. The molecule has 138 valence electrons. The zero-order chi connectivity index (χ0) is 17.6. The number of hydrogen-bond acceptors (Lipinski definition) is 1. The Morgan fingerprint density at radius 2 is 1.29 bits per heavy atom. The van der Waals surface area contributed by atoms with E-state index in [2.05, 4.69) is 32.9 Å². The number of unbranched alkanes of at least 4 members (excludes halogenated alkanes) is 6. The first-order valence-electron chi connectivity index (χ1n) is 10.5. The molecule has 1 aromatic rings. The van der Waals surface area contributed by atoms with Crippen LogP contribution in [0, 0.1) is 5.92 Å². The molecule has 0 aromatic heterocycles. The predicted molar refractivity (Wildman–Crippen MR) is 107 cm³/mol. The molecule has 24 heavy (non-hydrogen) atoms. The summed E-state index contributed by atoms with van der Waals surface area (Å²) in [5.41, 5.74) is 1.20. The minimum atomic E-state index is 0.509. The van der Waals surface area contributed by atoms with Crippen molar-refractivity contribution in [3.63, 3.8) is 0 Å². The van der Waals surface area contributed by atoms with Crippen molar-refractivity contribution >= 4 is 0 Å². The van der Waals surface area contributed by atoms with Crippen LogP contribution in [-0.2, 0) is 0 Å². The van der Waals surface area contributed by atoms with Gasteiger partial charge in [0.1, 0.15) is 5.75 Å². The van der Waals surface area contributed by atoms with Gasteiger partial charge in [-0.1, -0.05) is 96.8 Å². The van der Waals surface area contributed by atoms with Gasteiger partial charge in [-0.2, -0.15) is 0 Å². The molecular formula is C23H40O. The molecule has 0 saturated heterocycles. The van der Waals surface area contributed by atoms with Crippen molar-refractivity contribution < 1.29 is 5.11 Å². The van der Waals surface area contributed by atoms with E-state index < -0.39 is 0 Å². The molecule has 0 bridgehead atoms. The average Bonchev–Trinajstić information content (AvgIpc) is 2.60. The Morgan fingerprint density at radius 1 is 0.708 bits per heavy atom. The van der Waals surface area contributed by atoms with Crippen molar-refractivity contribution in [1.29, 1.82) is 0 Å². The average molecular weight is 333 g/mol. The predicted octanol–water partition coefficient (Wildman–Crippen LogP) is 7.83. The molecule has 1 aromatic carbocycles. The first kappa shape index (κ1) is 21.1. The van der Waals surface area contributed by atoms with E-state index in [0.717, 1.165) is 5.92 Å². The van der Waals surface area contributed by atoms with Gasteiger partial charge in [-0.25, -0.2) is 0 Å². The molecule has 1 N–H and O–H groups in total. The van der Waals surface area contributed by atoms with Gasteiger partial charge in [-0.15, -0.1) is 0 Å². The van der Waals surface area contributed by atoms with Gasteiger partial charge in [0.25, 0.3) is 0 Å². The normalized spacial score (nSPS) is 13.8. The van der Waals surface area contributed by atoms with Crippen LogP contribution in [0.2, 0.25) is 0 Å². The molecule has 0 spiro atoms. The van der Waals surface area contributed by atoms with Crippen LogP contribution in [0.5, 0.6) is 5.75 Å². The molecule has 0 radical (unpaired) electrons. The molecule has 0 amide bonds. The number of aromatic hydroxyl groups is 1. The summed E-state index contributed by atoms with van der Waals surface area (Å²) in [6.07, 6.45) is 15.7. The van der Waals surface area contributed by atoms with Crippen molar-refractivity contribution in [1.82, 2.24) is 0 Å². The summed E-state index contributed by atoms with van der Waals surface area (Å²) in [6, 6.07) is 8.08. The minimum Gasteiger partial charge on any atom is -0.508 e. The van der Waals surface area contributed by atoms with Gasteiger partial charge >= 0.3 is 0 Å². The number of phenolic OH excluding ortho intramolecular Hbond substituents is 1. The third-order valence-corrected chi connectivity index (χ3v) is 5.38. The highest BCUT2D eigenvalue weighted by Crippen LogP contribution is 2.40. The van der Waals surface area contributed by atoms with E-state index in [4.69, 9.17) is 0 Å².